The van der Waals surface area contributed by atoms with Crippen LogP contribution in [0.25, 0.3) is 86.1 Å². The molecular weight excluding hydrogens is 613 g/mol. The molecule has 0 atom stereocenters. The fraction of sp³-hybridized carbons (Fsp3) is 0. The van der Waals surface area contributed by atoms with Crippen LogP contribution in [0.4, 0.5) is 0 Å². The van der Waals surface area contributed by atoms with Crippen LogP contribution in [-0.4, -0.2) is 29.5 Å². The summed E-state index contributed by atoms with van der Waals surface area (Å²) in [7, 11) is 0. The zero-order chi connectivity index (χ0) is 29.7. The summed E-state index contributed by atoms with van der Waals surface area (Å²) in [6.07, 6.45) is 0. The molecule has 0 aliphatic carbocycles. The molecule has 7 aromatic carbocycles. The number of hydrogen-bond acceptors (Lipinski definition) is 3. The zero-order valence-electron chi connectivity index (χ0n) is 24.2. The van der Waals surface area contributed by atoms with Gasteiger partial charge in [0.15, 0.2) is 0 Å². The molecule has 0 spiro atoms. The number of nitrogens with zero attached hydrogens (tertiary/aromatic N) is 3. The molecule has 9 aromatic rings. The van der Waals surface area contributed by atoms with Gasteiger partial charge in [0.05, 0.1) is 0 Å². The van der Waals surface area contributed by atoms with Gasteiger partial charge in [-0.2, -0.15) is 0 Å². The van der Waals surface area contributed by atoms with Gasteiger partial charge in [-0.05, 0) is 0 Å². The van der Waals surface area contributed by atoms with Gasteiger partial charge in [0.25, 0.3) is 0 Å². The monoisotopic (exact) mass is 639 g/mol. The first-order chi connectivity index (χ1) is 22.3. The van der Waals surface area contributed by atoms with Crippen molar-refractivity contribution in [3.8, 4) is 45.3 Å². The van der Waals surface area contributed by atoms with Crippen molar-refractivity contribution in [2.45, 2.75) is 0 Å². The van der Waals surface area contributed by atoms with Gasteiger partial charge in [0.2, 0.25) is 0 Å². The molecule has 0 bridgehead atoms. The van der Waals surface area contributed by atoms with Crippen LogP contribution in [0.5, 0.6) is 0 Å². The van der Waals surface area contributed by atoms with E-state index in [0.29, 0.717) is 17.5 Å². The SMILES string of the molecule is c1ccc(-c2cccc(-c3nc(-c4ccccc4)nc(-c4cc5ccc6ccccc6c5c5[se]c6ccccc6c45)n3)c2)cc1. The minimum atomic E-state index is 0.159. The van der Waals surface area contributed by atoms with E-state index < -0.39 is 0 Å². The molecule has 2 heterocycles. The molecule has 9 rings (SSSR count). The van der Waals surface area contributed by atoms with Crippen molar-refractivity contribution < 1.29 is 0 Å². The average Bonchev–Trinajstić information content (AvgIpc) is 3.51. The van der Waals surface area contributed by atoms with E-state index in [9.17, 15) is 0 Å². The fourth-order valence-electron chi connectivity index (χ4n) is 6.37. The van der Waals surface area contributed by atoms with Gasteiger partial charge in [-0.1, -0.05) is 6.07 Å². The summed E-state index contributed by atoms with van der Waals surface area (Å²) in [4.78, 5) is 15.5. The Labute approximate surface area is 266 Å². The standard InChI is InChI=1S/C41H25N3Se/c1-3-12-26(13-4-1)29-17-11-18-31(24-29)40-42-39(28-15-5-2-6-16-28)43-41(44-40)34-25-30-23-22-27-14-7-8-19-32(27)36(30)38-37(34)33-20-9-10-21-35(33)45-38/h1-25H. The van der Waals surface area contributed by atoms with Gasteiger partial charge in [-0.25, -0.2) is 0 Å². The Hall–Kier alpha value is -5.41. The Morgan fingerprint density at radius 2 is 0.978 bits per heavy atom. The summed E-state index contributed by atoms with van der Waals surface area (Å²) in [5, 5.41) is 7.66. The maximum absolute atomic E-state index is 5.24. The van der Waals surface area contributed by atoms with E-state index in [0.717, 1.165) is 27.8 Å². The molecular formula is C41H25N3Se. The molecule has 0 aliphatic rings. The van der Waals surface area contributed by atoms with Crippen LogP contribution in [-0.2, 0) is 0 Å². The summed E-state index contributed by atoms with van der Waals surface area (Å²) >= 11 is 0.159. The second-order valence-corrected chi connectivity index (χ2v) is 13.4. The van der Waals surface area contributed by atoms with Crippen LogP contribution in [0.3, 0.4) is 0 Å². The third kappa shape index (κ3) is 4.46. The normalized spacial score (nSPS) is 11.6. The molecule has 3 nitrogen and oxygen atoms in total. The van der Waals surface area contributed by atoms with Gasteiger partial charge in [0, 0.05) is 0 Å². The van der Waals surface area contributed by atoms with Crippen molar-refractivity contribution >= 4 is 55.3 Å². The predicted molar refractivity (Wildman–Crippen MR) is 189 cm³/mol. The van der Waals surface area contributed by atoms with Crippen LogP contribution in [0.2, 0.25) is 0 Å². The molecule has 0 unspecified atom stereocenters. The van der Waals surface area contributed by atoms with E-state index >= 15 is 0 Å². The van der Waals surface area contributed by atoms with Crippen LogP contribution in [0, 0.1) is 0 Å². The van der Waals surface area contributed by atoms with Crippen LogP contribution >= 0.6 is 0 Å². The van der Waals surface area contributed by atoms with Gasteiger partial charge in [-0.3, -0.25) is 0 Å². The topological polar surface area (TPSA) is 38.7 Å². The molecule has 0 saturated carbocycles. The number of hydrogen-bond donors (Lipinski definition) is 0. The fourth-order valence-corrected chi connectivity index (χ4v) is 9.09. The Morgan fingerprint density at radius 1 is 0.378 bits per heavy atom. The van der Waals surface area contributed by atoms with Gasteiger partial charge in [-0.15, -0.1) is 0 Å². The summed E-state index contributed by atoms with van der Waals surface area (Å²) < 4.78 is 2.80. The van der Waals surface area contributed by atoms with Crippen LogP contribution < -0.4 is 0 Å². The number of benzene rings is 7. The van der Waals surface area contributed by atoms with Gasteiger partial charge in [0.1, 0.15) is 0 Å². The second kappa shape index (κ2) is 10.6. The molecule has 0 amide bonds. The number of rotatable bonds is 4. The van der Waals surface area contributed by atoms with Crippen molar-refractivity contribution in [3.05, 3.63) is 152 Å². The Bertz CT molecular complexity index is 2540. The van der Waals surface area contributed by atoms with E-state index in [1.165, 1.54) is 40.8 Å². The van der Waals surface area contributed by atoms with Crippen molar-refractivity contribution in [2.75, 3.05) is 0 Å². The first-order valence-corrected chi connectivity index (χ1v) is 16.7. The zero-order valence-corrected chi connectivity index (χ0v) is 25.9. The van der Waals surface area contributed by atoms with Crippen molar-refractivity contribution in [1.82, 2.24) is 15.0 Å². The summed E-state index contributed by atoms with van der Waals surface area (Å²) in [5.74, 6) is 2.04. The molecule has 0 fully saturated rings. The van der Waals surface area contributed by atoms with Gasteiger partial charge < -0.3 is 0 Å². The third-order valence-corrected chi connectivity index (χ3v) is 11.0. The van der Waals surface area contributed by atoms with E-state index in [-0.39, 0.29) is 14.5 Å². The first kappa shape index (κ1) is 26.0. The van der Waals surface area contributed by atoms with E-state index in [1.54, 1.807) is 0 Å². The molecule has 0 aliphatic heterocycles. The molecule has 0 saturated heterocycles. The Balaban J connectivity index is 1.36. The van der Waals surface area contributed by atoms with Crippen LogP contribution in [0.1, 0.15) is 0 Å². The van der Waals surface area contributed by atoms with Gasteiger partial charge >= 0.3 is 261 Å². The third-order valence-electron chi connectivity index (χ3n) is 8.49. The van der Waals surface area contributed by atoms with Crippen LogP contribution in [0.15, 0.2) is 152 Å². The molecule has 45 heavy (non-hydrogen) atoms. The van der Waals surface area contributed by atoms with E-state index in [1.807, 2.05) is 24.3 Å². The predicted octanol–water partition coefficient (Wildman–Crippen LogP) is 10.2. The average molecular weight is 639 g/mol. The van der Waals surface area contributed by atoms with Crippen molar-refractivity contribution in [1.29, 1.82) is 0 Å². The molecule has 2 aromatic heterocycles. The number of fused-ring (bicyclic) bond motifs is 7. The van der Waals surface area contributed by atoms with E-state index in [4.69, 9.17) is 15.0 Å². The Morgan fingerprint density at radius 3 is 1.80 bits per heavy atom. The van der Waals surface area contributed by atoms with E-state index in [2.05, 4.69) is 127 Å². The number of aromatic nitrogens is 3. The summed E-state index contributed by atoms with van der Waals surface area (Å²) in [5.41, 5.74) is 5.28. The van der Waals surface area contributed by atoms with Crippen molar-refractivity contribution in [2.24, 2.45) is 0 Å². The minimum absolute atomic E-state index is 0.159. The van der Waals surface area contributed by atoms with Crippen molar-refractivity contribution in [3.63, 3.8) is 0 Å². The first-order valence-electron chi connectivity index (χ1n) is 15.0. The molecule has 0 N–H and O–H groups in total. The Kier molecular flexibility index (Phi) is 6.15. The quantitative estimate of drug-likeness (QED) is 0.142. The molecule has 4 heteroatoms. The maximum atomic E-state index is 5.24. The summed E-state index contributed by atoms with van der Waals surface area (Å²) in [6, 6.07) is 53.5. The second-order valence-electron chi connectivity index (χ2n) is 11.2. The molecule has 0 radical (unpaired) electrons. The summed E-state index contributed by atoms with van der Waals surface area (Å²) in [6.45, 7) is 0. The molecule has 210 valence electrons.